The number of hydrogen-bond donors (Lipinski definition) is 0. The van der Waals surface area contributed by atoms with Crippen LogP contribution in [0.25, 0.3) is 0 Å². The van der Waals surface area contributed by atoms with E-state index in [0.717, 1.165) is 0 Å². The molecule has 0 bridgehead atoms. The lowest BCUT2D eigenvalue weighted by molar-refractivity contribution is -0.129. The van der Waals surface area contributed by atoms with Crippen LogP contribution in [0, 0.1) is 11.3 Å². The van der Waals surface area contributed by atoms with E-state index in [0.29, 0.717) is 37.6 Å². The maximum Gasteiger partial charge on any atom is 0.340 e. The third kappa shape index (κ3) is 5.02. The van der Waals surface area contributed by atoms with Gasteiger partial charge in [-0.1, -0.05) is 0 Å². The van der Waals surface area contributed by atoms with E-state index in [1.165, 1.54) is 0 Å². The van der Waals surface area contributed by atoms with Crippen LogP contribution >= 0.6 is 7.60 Å². The summed E-state index contributed by atoms with van der Waals surface area (Å²) in [5.41, 5.74) is 0.513. The maximum absolute atomic E-state index is 12.5. The molecule has 0 spiro atoms. The van der Waals surface area contributed by atoms with E-state index in [4.69, 9.17) is 9.05 Å². The van der Waals surface area contributed by atoms with Crippen molar-refractivity contribution >= 4 is 19.3 Å². The highest BCUT2D eigenvalue weighted by molar-refractivity contribution is 7.54. The fourth-order valence-corrected chi connectivity index (χ4v) is 4.27. The molecule has 1 aromatic heterocycles. The molecule has 0 radical (unpaired) electrons. The molecule has 0 atom stereocenters. The molecule has 8 nitrogen and oxygen atoms in total. The lowest BCUT2D eigenvalue weighted by Crippen LogP contribution is -2.50. The molecule has 0 saturated carbocycles. The van der Waals surface area contributed by atoms with Crippen LogP contribution in [0.15, 0.2) is 18.3 Å². The Bertz CT molecular complexity index is 673. The van der Waals surface area contributed by atoms with Gasteiger partial charge in [0.2, 0.25) is 5.91 Å². The quantitative estimate of drug-likeness (QED) is 0.680. The fourth-order valence-electron chi connectivity index (χ4n) is 2.69. The van der Waals surface area contributed by atoms with Crippen LogP contribution in [0.5, 0.6) is 0 Å². The van der Waals surface area contributed by atoms with Crippen LogP contribution in [0.2, 0.25) is 0 Å². The highest BCUT2D eigenvalue weighted by atomic mass is 31.2. The predicted octanol–water partition coefficient (Wildman–Crippen LogP) is 1.87. The van der Waals surface area contributed by atoms with Gasteiger partial charge in [-0.2, -0.15) is 5.26 Å². The summed E-state index contributed by atoms with van der Waals surface area (Å²) in [5, 5.41) is 9.18. The molecule has 1 saturated heterocycles. The van der Waals surface area contributed by atoms with Crippen molar-refractivity contribution in [3.05, 3.63) is 23.9 Å². The van der Waals surface area contributed by atoms with Crippen molar-refractivity contribution in [2.45, 2.75) is 13.8 Å². The predicted molar refractivity (Wildman–Crippen MR) is 93.5 cm³/mol. The monoisotopic (exact) mass is 366 g/mol. The van der Waals surface area contributed by atoms with Gasteiger partial charge in [0.05, 0.1) is 18.8 Å². The van der Waals surface area contributed by atoms with E-state index in [2.05, 4.69) is 11.1 Å². The fraction of sp³-hybridized carbons (Fsp3) is 0.562. The second-order valence-electron chi connectivity index (χ2n) is 5.46. The number of piperazine rings is 1. The number of hydrogen-bond acceptors (Lipinski definition) is 7. The molecule has 0 N–H and O–H groups in total. The number of rotatable bonds is 7. The SMILES string of the molecule is CCOP(=O)(CC(=O)N1CCN(c2ncccc2C#N)CC1)OCC. The summed E-state index contributed by atoms with van der Waals surface area (Å²) in [6.07, 6.45) is 1.40. The van der Waals surface area contributed by atoms with Crippen molar-refractivity contribution in [1.82, 2.24) is 9.88 Å². The number of nitrogens with zero attached hydrogens (tertiary/aromatic N) is 4. The van der Waals surface area contributed by atoms with Gasteiger partial charge >= 0.3 is 7.60 Å². The molecule has 2 heterocycles. The third-order valence-corrected chi connectivity index (χ3v) is 5.78. The molecule has 136 valence electrons. The summed E-state index contributed by atoms with van der Waals surface area (Å²) in [6, 6.07) is 5.58. The molecular formula is C16H23N4O4P. The minimum absolute atomic E-state index is 0.231. The van der Waals surface area contributed by atoms with Crippen molar-refractivity contribution in [2.75, 3.05) is 50.5 Å². The summed E-state index contributed by atoms with van der Waals surface area (Å²) in [6.45, 7) is 5.96. The van der Waals surface area contributed by atoms with Gasteiger partial charge < -0.3 is 18.8 Å². The second kappa shape index (κ2) is 8.95. The molecular weight excluding hydrogens is 343 g/mol. The van der Waals surface area contributed by atoms with Gasteiger partial charge in [-0.15, -0.1) is 0 Å². The first kappa shape index (κ1) is 19.4. The van der Waals surface area contributed by atoms with Gasteiger partial charge in [0.1, 0.15) is 18.0 Å². The van der Waals surface area contributed by atoms with Crippen LogP contribution < -0.4 is 4.90 Å². The molecule has 1 amide bonds. The molecule has 0 aromatic carbocycles. The smallest absolute Gasteiger partial charge is 0.340 e. The Morgan fingerprint density at radius 1 is 1.28 bits per heavy atom. The largest absolute Gasteiger partial charge is 0.352 e. The van der Waals surface area contributed by atoms with Crippen molar-refractivity contribution in [1.29, 1.82) is 5.26 Å². The van der Waals surface area contributed by atoms with Crippen molar-refractivity contribution in [2.24, 2.45) is 0 Å². The summed E-state index contributed by atoms with van der Waals surface area (Å²) in [5.74, 6) is 0.387. The summed E-state index contributed by atoms with van der Waals surface area (Å²) < 4.78 is 22.9. The Labute approximate surface area is 147 Å². The first-order valence-corrected chi connectivity index (χ1v) is 10.0. The lowest BCUT2D eigenvalue weighted by atomic mass is 10.2. The van der Waals surface area contributed by atoms with Gasteiger partial charge in [0.25, 0.3) is 0 Å². The van der Waals surface area contributed by atoms with Gasteiger partial charge in [-0.3, -0.25) is 9.36 Å². The number of aromatic nitrogens is 1. The van der Waals surface area contributed by atoms with E-state index in [-0.39, 0.29) is 25.3 Å². The lowest BCUT2D eigenvalue weighted by Gasteiger charge is -2.36. The summed E-state index contributed by atoms with van der Waals surface area (Å²) in [7, 11) is -3.39. The number of pyridine rings is 1. The zero-order chi connectivity index (χ0) is 18.3. The molecule has 1 fully saturated rings. The Morgan fingerprint density at radius 3 is 2.48 bits per heavy atom. The minimum Gasteiger partial charge on any atom is -0.352 e. The Kier molecular flexibility index (Phi) is 6.94. The number of nitriles is 1. The van der Waals surface area contributed by atoms with E-state index in [9.17, 15) is 14.6 Å². The first-order chi connectivity index (χ1) is 12.0. The number of carbonyl (C=O) groups is 1. The normalized spacial score (nSPS) is 15.1. The van der Waals surface area contributed by atoms with Gasteiger partial charge in [0.15, 0.2) is 0 Å². The molecule has 1 aromatic rings. The van der Waals surface area contributed by atoms with Crippen LogP contribution in [-0.4, -0.2) is 61.3 Å². The first-order valence-electron chi connectivity index (χ1n) is 8.29. The zero-order valence-corrected chi connectivity index (χ0v) is 15.4. The molecule has 0 unspecified atom stereocenters. The highest BCUT2D eigenvalue weighted by Crippen LogP contribution is 2.48. The van der Waals surface area contributed by atoms with Crippen LogP contribution in [0.4, 0.5) is 5.82 Å². The average molecular weight is 366 g/mol. The second-order valence-corrected chi connectivity index (χ2v) is 7.51. The van der Waals surface area contributed by atoms with Gasteiger partial charge in [-0.25, -0.2) is 4.98 Å². The highest BCUT2D eigenvalue weighted by Gasteiger charge is 2.32. The summed E-state index contributed by atoms with van der Waals surface area (Å²) >= 11 is 0. The molecule has 1 aliphatic rings. The van der Waals surface area contributed by atoms with Crippen LogP contribution in [0.3, 0.4) is 0 Å². The van der Waals surface area contributed by atoms with Crippen LogP contribution in [-0.2, 0) is 18.4 Å². The molecule has 2 rings (SSSR count). The number of anilines is 1. The van der Waals surface area contributed by atoms with E-state index in [1.807, 2.05) is 4.90 Å². The van der Waals surface area contributed by atoms with Gasteiger partial charge in [0, 0.05) is 32.4 Å². The van der Waals surface area contributed by atoms with Crippen LogP contribution in [0.1, 0.15) is 19.4 Å². The van der Waals surface area contributed by atoms with Crippen molar-refractivity contribution in [3.63, 3.8) is 0 Å². The van der Waals surface area contributed by atoms with Crippen molar-refractivity contribution < 1.29 is 18.4 Å². The van der Waals surface area contributed by atoms with E-state index >= 15 is 0 Å². The molecule has 0 aliphatic carbocycles. The average Bonchev–Trinajstić information content (AvgIpc) is 2.62. The Balaban J connectivity index is 1.96. The number of amides is 1. The molecule has 9 heteroatoms. The Hall–Kier alpha value is -1.94. The number of carbonyl (C=O) groups excluding carboxylic acids is 1. The standard InChI is InChI=1S/C16H23N4O4P/c1-3-23-25(22,24-4-2)13-15(21)19-8-10-20(11-9-19)16-14(12-17)6-5-7-18-16/h5-7H,3-4,8-11,13H2,1-2H3. The maximum atomic E-state index is 12.5. The third-order valence-electron chi connectivity index (χ3n) is 3.82. The minimum atomic E-state index is -3.39. The topological polar surface area (TPSA) is 95.8 Å². The van der Waals surface area contributed by atoms with E-state index < -0.39 is 7.60 Å². The summed E-state index contributed by atoms with van der Waals surface area (Å²) in [4.78, 5) is 20.3. The molecule has 1 aliphatic heterocycles. The molecule has 25 heavy (non-hydrogen) atoms. The Morgan fingerprint density at radius 2 is 1.92 bits per heavy atom. The van der Waals surface area contributed by atoms with E-state index in [1.54, 1.807) is 37.1 Å². The zero-order valence-electron chi connectivity index (χ0n) is 14.6. The van der Waals surface area contributed by atoms with Gasteiger partial charge in [-0.05, 0) is 26.0 Å². The van der Waals surface area contributed by atoms with Crippen molar-refractivity contribution in [3.8, 4) is 6.07 Å².